The number of benzene rings is 2. The molecule has 0 aliphatic carbocycles. The Morgan fingerprint density at radius 1 is 1.08 bits per heavy atom. The zero-order valence-electron chi connectivity index (χ0n) is 13.5. The van der Waals surface area contributed by atoms with Gasteiger partial charge in [0.05, 0.1) is 10.6 Å². The highest BCUT2D eigenvalue weighted by Gasteiger charge is 2.25. The Kier molecular flexibility index (Phi) is 6.39. The molecule has 0 atom stereocenters. The predicted molar refractivity (Wildman–Crippen MR) is 99.5 cm³/mol. The SMILES string of the molecule is CC(=O)CS/C(Nc1ccccc1)=C(\C#N)S(=O)(=O)c1ccccc1. The number of carbonyl (C=O) groups excluding carboxylic acids is 1. The number of anilines is 1. The molecular weight excluding hydrogens is 356 g/mol. The summed E-state index contributed by atoms with van der Waals surface area (Å²) in [6, 6.07) is 18.4. The molecule has 0 aliphatic heterocycles. The molecule has 2 rings (SSSR count). The standard InChI is InChI=1S/C18H16N2O3S2/c1-14(21)13-24-18(20-15-8-4-2-5-9-15)17(12-19)25(22,23)16-10-6-3-7-11-16/h2-11,20H,13H2,1H3/b18-17+. The lowest BCUT2D eigenvalue weighted by Crippen LogP contribution is -2.11. The van der Waals surface area contributed by atoms with Crippen LogP contribution in [0.2, 0.25) is 0 Å². The van der Waals surface area contributed by atoms with Gasteiger partial charge in [-0.05, 0) is 31.2 Å². The Bertz CT molecular complexity index is 916. The summed E-state index contributed by atoms with van der Waals surface area (Å²) in [7, 11) is -3.99. The summed E-state index contributed by atoms with van der Waals surface area (Å²) in [4.78, 5) is 10.9. The Hall–Kier alpha value is -2.56. The largest absolute Gasteiger partial charge is 0.349 e. The normalized spacial score (nSPS) is 12.0. The highest BCUT2D eigenvalue weighted by Crippen LogP contribution is 2.29. The van der Waals surface area contributed by atoms with E-state index in [0.717, 1.165) is 11.8 Å². The first-order valence-corrected chi connectivity index (χ1v) is 9.81. The number of rotatable bonds is 7. The van der Waals surface area contributed by atoms with Gasteiger partial charge in [0.15, 0.2) is 4.91 Å². The molecule has 0 unspecified atom stereocenters. The topological polar surface area (TPSA) is 87.0 Å². The first kappa shape index (κ1) is 18.8. The van der Waals surface area contributed by atoms with Crippen molar-refractivity contribution in [2.45, 2.75) is 11.8 Å². The van der Waals surface area contributed by atoms with Crippen molar-refractivity contribution >= 4 is 33.1 Å². The number of nitrogens with one attached hydrogen (secondary N) is 1. The van der Waals surface area contributed by atoms with E-state index in [1.54, 1.807) is 48.5 Å². The van der Waals surface area contributed by atoms with E-state index in [-0.39, 0.29) is 21.5 Å². The fourth-order valence-electron chi connectivity index (χ4n) is 1.94. The van der Waals surface area contributed by atoms with Crippen LogP contribution in [0.5, 0.6) is 0 Å². The average Bonchev–Trinajstić information content (AvgIpc) is 2.61. The number of thioether (sulfide) groups is 1. The lowest BCUT2D eigenvalue weighted by atomic mass is 10.3. The fraction of sp³-hybridized carbons (Fsp3) is 0.111. The van der Waals surface area contributed by atoms with Crippen LogP contribution in [0.1, 0.15) is 6.92 Å². The number of hydrogen-bond donors (Lipinski definition) is 1. The quantitative estimate of drug-likeness (QED) is 0.748. The molecule has 2 aromatic rings. The number of carbonyl (C=O) groups is 1. The number of sulfone groups is 1. The summed E-state index contributed by atoms with van der Waals surface area (Å²) in [5, 5.41) is 12.6. The minimum Gasteiger partial charge on any atom is -0.349 e. The van der Waals surface area contributed by atoms with Crippen molar-refractivity contribution in [3.63, 3.8) is 0 Å². The van der Waals surface area contributed by atoms with E-state index in [1.165, 1.54) is 19.1 Å². The van der Waals surface area contributed by atoms with Gasteiger partial charge in [-0.3, -0.25) is 4.79 Å². The maximum Gasteiger partial charge on any atom is 0.219 e. The average molecular weight is 372 g/mol. The Morgan fingerprint density at radius 2 is 1.64 bits per heavy atom. The molecule has 7 heteroatoms. The summed E-state index contributed by atoms with van der Waals surface area (Å²) < 4.78 is 25.6. The molecule has 0 saturated carbocycles. The van der Waals surface area contributed by atoms with Gasteiger partial charge in [0.25, 0.3) is 0 Å². The number of ketones is 1. The number of hydrogen-bond acceptors (Lipinski definition) is 6. The van der Waals surface area contributed by atoms with Gasteiger partial charge in [0, 0.05) is 5.69 Å². The van der Waals surface area contributed by atoms with E-state index in [0.29, 0.717) is 5.69 Å². The van der Waals surface area contributed by atoms with Crippen LogP contribution in [0.3, 0.4) is 0 Å². The second-order valence-electron chi connectivity index (χ2n) is 5.07. The zero-order valence-corrected chi connectivity index (χ0v) is 15.1. The number of nitriles is 1. The number of Topliss-reactive ketones (excluding diaryl/α,β-unsaturated/α-hetero) is 1. The molecule has 128 valence electrons. The van der Waals surface area contributed by atoms with Gasteiger partial charge in [-0.25, -0.2) is 8.42 Å². The first-order chi connectivity index (χ1) is 11.9. The molecule has 0 spiro atoms. The minimum atomic E-state index is -3.99. The molecule has 0 bridgehead atoms. The van der Waals surface area contributed by atoms with Crippen LogP contribution in [0, 0.1) is 11.3 Å². The van der Waals surface area contributed by atoms with Crippen LogP contribution in [0.4, 0.5) is 5.69 Å². The minimum absolute atomic E-state index is 0.0299. The van der Waals surface area contributed by atoms with Gasteiger partial charge in [0.1, 0.15) is 16.9 Å². The van der Waals surface area contributed by atoms with E-state index in [9.17, 15) is 18.5 Å². The van der Waals surface area contributed by atoms with Crippen LogP contribution in [-0.2, 0) is 14.6 Å². The van der Waals surface area contributed by atoms with E-state index < -0.39 is 14.7 Å². The predicted octanol–water partition coefficient (Wildman–Crippen LogP) is 3.59. The van der Waals surface area contributed by atoms with Crippen molar-refractivity contribution < 1.29 is 13.2 Å². The van der Waals surface area contributed by atoms with Crippen LogP contribution < -0.4 is 5.32 Å². The second kappa shape index (κ2) is 8.51. The van der Waals surface area contributed by atoms with Crippen LogP contribution in [0.25, 0.3) is 0 Å². The summed E-state index contributed by atoms with van der Waals surface area (Å²) in [6.07, 6.45) is 0. The highest BCUT2D eigenvalue weighted by atomic mass is 32.2. The third-order valence-corrected chi connectivity index (χ3v) is 6.08. The number of allylic oxidation sites excluding steroid dienone is 1. The van der Waals surface area contributed by atoms with Crippen LogP contribution in [0.15, 0.2) is 75.5 Å². The monoisotopic (exact) mass is 372 g/mol. The van der Waals surface area contributed by atoms with Crippen molar-refractivity contribution in [2.75, 3.05) is 11.1 Å². The lowest BCUT2D eigenvalue weighted by molar-refractivity contribution is -0.114. The van der Waals surface area contributed by atoms with Gasteiger partial charge in [0.2, 0.25) is 9.84 Å². The molecule has 5 nitrogen and oxygen atoms in total. The molecule has 0 radical (unpaired) electrons. The van der Waals surface area contributed by atoms with Crippen LogP contribution in [-0.4, -0.2) is 20.0 Å². The van der Waals surface area contributed by atoms with Crippen molar-refractivity contribution in [1.82, 2.24) is 0 Å². The molecule has 0 saturated heterocycles. The fourth-order valence-corrected chi connectivity index (χ4v) is 4.32. The summed E-state index contributed by atoms with van der Waals surface area (Å²) >= 11 is 0.996. The molecule has 0 heterocycles. The molecule has 0 aliphatic rings. The summed E-state index contributed by atoms with van der Waals surface area (Å²) in [5.74, 6) is -0.0586. The van der Waals surface area contributed by atoms with E-state index >= 15 is 0 Å². The van der Waals surface area contributed by atoms with E-state index in [4.69, 9.17) is 0 Å². The lowest BCUT2D eigenvalue weighted by Gasteiger charge is -2.13. The third-order valence-electron chi connectivity index (χ3n) is 3.08. The number of para-hydroxylation sites is 1. The van der Waals surface area contributed by atoms with Gasteiger partial charge in [-0.1, -0.05) is 48.2 Å². The smallest absolute Gasteiger partial charge is 0.219 e. The van der Waals surface area contributed by atoms with Gasteiger partial charge in [-0.15, -0.1) is 0 Å². The van der Waals surface area contributed by atoms with Crippen molar-refractivity contribution in [3.05, 3.63) is 70.6 Å². The van der Waals surface area contributed by atoms with Crippen molar-refractivity contribution in [2.24, 2.45) is 0 Å². The van der Waals surface area contributed by atoms with E-state index in [2.05, 4.69) is 5.32 Å². The van der Waals surface area contributed by atoms with Gasteiger partial charge >= 0.3 is 0 Å². The Morgan fingerprint density at radius 3 is 2.16 bits per heavy atom. The molecule has 2 aromatic carbocycles. The van der Waals surface area contributed by atoms with Gasteiger partial charge < -0.3 is 5.32 Å². The third kappa shape index (κ3) is 4.95. The van der Waals surface area contributed by atoms with Gasteiger partial charge in [-0.2, -0.15) is 5.26 Å². The highest BCUT2D eigenvalue weighted by molar-refractivity contribution is 8.05. The van der Waals surface area contributed by atoms with Crippen molar-refractivity contribution in [1.29, 1.82) is 5.26 Å². The molecule has 0 aromatic heterocycles. The maximum absolute atomic E-state index is 12.8. The second-order valence-corrected chi connectivity index (χ2v) is 7.94. The molecule has 25 heavy (non-hydrogen) atoms. The molecular formula is C18H16N2O3S2. The van der Waals surface area contributed by atoms with Crippen LogP contribution >= 0.6 is 11.8 Å². The summed E-state index contributed by atoms with van der Waals surface area (Å²) in [6.45, 7) is 1.41. The van der Waals surface area contributed by atoms with Crippen molar-refractivity contribution in [3.8, 4) is 6.07 Å². The first-order valence-electron chi connectivity index (χ1n) is 7.34. The van der Waals surface area contributed by atoms with E-state index in [1.807, 2.05) is 6.07 Å². The molecule has 0 amide bonds. The molecule has 0 fully saturated rings. The summed E-state index contributed by atoms with van der Waals surface area (Å²) in [5.41, 5.74) is 0.629. The Balaban J connectivity index is 2.52. The maximum atomic E-state index is 12.8. The Labute approximate surface area is 151 Å². The number of nitrogens with zero attached hydrogens (tertiary/aromatic N) is 1. The zero-order chi connectivity index (χ0) is 18.3. The molecule has 1 N–H and O–H groups in total.